The molecular weight excluding hydrogens is 231 g/mol. The van der Waals surface area contributed by atoms with Gasteiger partial charge in [0.1, 0.15) is 0 Å². The molecule has 0 aliphatic carbocycles. The van der Waals surface area contributed by atoms with Gasteiger partial charge in [0.2, 0.25) is 0 Å². The van der Waals surface area contributed by atoms with Gasteiger partial charge in [-0.25, -0.2) is 0 Å². The van der Waals surface area contributed by atoms with E-state index in [1.54, 1.807) is 0 Å². The molecule has 10 heavy (non-hydrogen) atoms. The van der Waals surface area contributed by atoms with Gasteiger partial charge in [-0.1, -0.05) is 0 Å². The van der Waals surface area contributed by atoms with Crippen molar-refractivity contribution in [2.24, 2.45) is 0 Å². The fraction of sp³-hybridized carbons (Fsp3) is 0.429. The third kappa shape index (κ3) is 1.87. The van der Waals surface area contributed by atoms with Crippen molar-refractivity contribution >= 4 is 21.9 Å². The van der Waals surface area contributed by atoms with Crippen molar-refractivity contribution in [2.45, 2.75) is 6.10 Å². The van der Waals surface area contributed by atoms with Gasteiger partial charge in [0.25, 0.3) is 0 Å². The van der Waals surface area contributed by atoms with Gasteiger partial charge in [-0.15, -0.1) is 0 Å². The number of epoxide rings is 1. The summed E-state index contributed by atoms with van der Waals surface area (Å²) in [5.41, 5.74) is 0. The van der Waals surface area contributed by atoms with E-state index in [1.807, 2.05) is 0 Å². The second-order valence-corrected chi connectivity index (χ2v) is 8.32. The van der Waals surface area contributed by atoms with Crippen LogP contribution in [0.5, 0.6) is 0 Å². The summed E-state index contributed by atoms with van der Waals surface area (Å²) in [6.07, 6.45) is 4.61. The SMILES string of the molecule is C1=[CH][In]([O]C[C@@H]2CO2)[CH]=C1. The summed E-state index contributed by atoms with van der Waals surface area (Å²) in [6.45, 7) is 1.74. The summed E-state index contributed by atoms with van der Waals surface area (Å²) >= 11 is -1.67. The van der Waals surface area contributed by atoms with E-state index in [9.17, 15) is 0 Å². The molecule has 2 heterocycles. The van der Waals surface area contributed by atoms with Gasteiger partial charge in [-0.3, -0.25) is 0 Å². The average molecular weight is 240 g/mol. The van der Waals surface area contributed by atoms with Gasteiger partial charge in [0, 0.05) is 0 Å². The molecule has 2 rings (SSSR count). The first kappa shape index (κ1) is 6.95. The molecule has 0 unspecified atom stereocenters. The third-order valence-electron chi connectivity index (χ3n) is 1.59. The number of allylic oxidation sites excluding steroid dienone is 2. The predicted molar refractivity (Wildman–Crippen MR) is 39.7 cm³/mol. The molecule has 0 N–H and O–H groups in total. The Morgan fingerprint density at radius 2 is 2.20 bits per heavy atom. The van der Waals surface area contributed by atoms with E-state index in [0.29, 0.717) is 6.10 Å². The molecule has 0 bridgehead atoms. The number of rotatable bonds is 3. The molecule has 3 heteroatoms. The van der Waals surface area contributed by atoms with Crippen molar-refractivity contribution in [2.75, 3.05) is 13.2 Å². The molecule has 2 aliphatic rings. The number of hydrogen-bond donors (Lipinski definition) is 0. The first-order valence-corrected chi connectivity index (χ1v) is 8.68. The van der Waals surface area contributed by atoms with Crippen LogP contribution >= 0.6 is 0 Å². The molecule has 2 nitrogen and oxygen atoms in total. The van der Waals surface area contributed by atoms with E-state index in [4.69, 9.17) is 7.59 Å². The monoisotopic (exact) mass is 240 g/mol. The van der Waals surface area contributed by atoms with Crippen LogP contribution < -0.4 is 0 Å². The van der Waals surface area contributed by atoms with Crippen LogP contribution in [0, 0.1) is 0 Å². The van der Waals surface area contributed by atoms with Crippen LogP contribution in [0.4, 0.5) is 0 Å². The van der Waals surface area contributed by atoms with Crippen molar-refractivity contribution in [3.8, 4) is 0 Å². The summed E-state index contributed by atoms with van der Waals surface area (Å²) < 4.78 is 15.1. The van der Waals surface area contributed by atoms with Crippen molar-refractivity contribution in [3.63, 3.8) is 0 Å². The molecule has 0 saturated carbocycles. The zero-order chi connectivity index (χ0) is 6.81. The molecule has 0 radical (unpaired) electrons. The summed E-state index contributed by atoms with van der Waals surface area (Å²) in [4.78, 5) is 0. The molecule has 0 aromatic carbocycles. The molecule has 1 fully saturated rings. The number of ether oxygens (including phenoxy) is 1. The Morgan fingerprint density at radius 3 is 2.80 bits per heavy atom. The summed E-state index contributed by atoms with van der Waals surface area (Å²) in [7, 11) is 0. The van der Waals surface area contributed by atoms with Gasteiger partial charge >= 0.3 is 68.6 Å². The Kier molecular flexibility index (Phi) is 2.16. The minimum atomic E-state index is -1.67. The van der Waals surface area contributed by atoms with E-state index >= 15 is 0 Å². The van der Waals surface area contributed by atoms with E-state index in [2.05, 4.69) is 19.8 Å². The molecule has 0 spiro atoms. The minimum absolute atomic E-state index is 0.430. The summed E-state index contributed by atoms with van der Waals surface area (Å²) in [5, 5.41) is 0. The third-order valence-corrected chi connectivity index (χ3v) is 6.67. The Balaban J connectivity index is 1.69. The van der Waals surface area contributed by atoms with E-state index < -0.39 is 21.9 Å². The molecule has 1 saturated heterocycles. The van der Waals surface area contributed by atoms with Crippen LogP contribution in [0.3, 0.4) is 0 Å². The van der Waals surface area contributed by atoms with Crippen molar-refractivity contribution in [1.29, 1.82) is 0 Å². The van der Waals surface area contributed by atoms with Crippen LogP contribution in [-0.2, 0) is 7.59 Å². The van der Waals surface area contributed by atoms with Gasteiger partial charge < -0.3 is 0 Å². The molecule has 0 aromatic heterocycles. The van der Waals surface area contributed by atoms with E-state index in [-0.39, 0.29) is 0 Å². The van der Waals surface area contributed by atoms with Gasteiger partial charge in [-0.05, 0) is 0 Å². The Hall–Kier alpha value is 0.270. The molecular formula is C7H9InO2. The van der Waals surface area contributed by atoms with Crippen LogP contribution in [-0.4, -0.2) is 41.2 Å². The van der Waals surface area contributed by atoms with Gasteiger partial charge in [0.05, 0.1) is 0 Å². The molecule has 0 aromatic rings. The average Bonchev–Trinajstić information content (AvgIpc) is 2.63. The Bertz CT molecular complexity index is 160. The van der Waals surface area contributed by atoms with Gasteiger partial charge in [0.15, 0.2) is 0 Å². The maximum atomic E-state index is 5.64. The zero-order valence-corrected chi connectivity index (χ0v) is 8.99. The van der Waals surface area contributed by atoms with Crippen molar-refractivity contribution in [1.82, 2.24) is 0 Å². The quantitative estimate of drug-likeness (QED) is 0.673. The van der Waals surface area contributed by atoms with E-state index in [1.165, 1.54) is 0 Å². The Labute approximate surface area is 68.7 Å². The molecule has 52 valence electrons. The predicted octanol–water partition coefficient (Wildman–Crippen LogP) is 0.598. The van der Waals surface area contributed by atoms with Crippen LogP contribution in [0.15, 0.2) is 19.8 Å². The van der Waals surface area contributed by atoms with Crippen LogP contribution in [0.1, 0.15) is 0 Å². The van der Waals surface area contributed by atoms with Gasteiger partial charge in [-0.2, -0.15) is 0 Å². The topological polar surface area (TPSA) is 21.8 Å². The normalized spacial score (nSPS) is 28.0. The molecule has 2 aliphatic heterocycles. The van der Waals surface area contributed by atoms with E-state index in [0.717, 1.165) is 13.2 Å². The van der Waals surface area contributed by atoms with Crippen molar-refractivity contribution in [3.05, 3.63) is 19.8 Å². The van der Waals surface area contributed by atoms with Crippen LogP contribution in [0.25, 0.3) is 0 Å². The summed E-state index contributed by atoms with van der Waals surface area (Å²) in [5.74, 6) is 0. The maximum absolute atomic E-state index is 5.64. The first-order chi connectivity index (χ1) is 4.95. The second-order valence-electron chi connectivity index (χ2n) is 2.52. The Morgan fingerprint density at radius 1 is 1.50 bits per heavy atom. The molecule has 0 amide bonds. The zero-order valence-electron chi connectivity index (χ0n) is 5.69. The first-order valence-electron chi connectivity index (χ1n) is 3.53. The number of hydrogen-bond acceptors (Lipinski definition) is 2. The van der Waals surface area contributed by atoms with Crippen LogP contribution in [0.2, 0.25) is 0 Å². The molecule has 1 atom stereocenters. The summed E-state index contributed by atoms with van der Waals surface area (Å²) in [6, 6.07) is 0. The fourth-order valence-corrected chi connectivity index (χ4v) is 5.14. The standard InChI is InChI=1S/C4H4.C3H5O2.In/c1-3-4-2;4-1-3-2-5-3;/h1-4H;3H,1-2H2;/q;-1;+1/t;3-;/m.1./s1. The fourth-order valence-electron chi connectivity index (χ4n) is 0.905. The second kappa shape index (κ2) is 3.11. The van der Waals surface area contributed by atoms with Crippen molar-refractivity contribution < 1.29 is 7.59 Å².